The Morgan fingerprint density at radius 2 is 2.13 bits per heavy atom. The van der Waals surface area contributed by atoms with Crippen molar-refractivity contribution in [3.8, 4) is 0 Å². The van der Waals surface area contributed by atoms with Crippen molar-refractivity contribution in [2.24, 2.45) is 5.92 Å². The Bertz CT molecular complexity index is 338. The molecule has 0 saturated carbocycles. The number of carboxylic acids is 1. The Labute approximate surface area is 93.1 Å². The topological polar surface area (TPSA) is 57.5 Å². The van der Waals surface area contributed by atoms with Crippen molar-refractivity contribution in [3.63, 3.8) is 0 Å². The number of aliphatic hydroxyl groups excluding tert-OH is 1. The number of benzene rings is 1. The van der Waals surface area contributed by atoms with E-state index in [0.717, 1.165) is 10.6 Å². The van der Waals surface area contributed by atoms with Crippen LogP contribution in [-0.2, 0) is 0 Å². The van der Waals surface area contributed by atoms with Gasteiger partial charge >= 0.3 is 5.97 Å². The molecule has 0 radical (unpaired) electrons. The minimum atomic E-state index is -0.908. The summed E-state index contributed by atoms with van der Waals surface area (Å²) in [5, 5.41) is 17.8. The highest BCUT2D eigenvalue weighted by molar-refractivity contribution is 7.99. The van der Waals surface area contributed by atoms with Gasteiger partial charge in [-0.2, -0.15) is 0 Å². The summed E-state index contributed by atoms with van der Waals surface area (Å²) >= 11 is 1.47. The van der Waals surface area contributed by atoms with E-state index >= 15 is 0 Å². The molecule has 0 aliphatic heterocycles. The Kier molecular flexibility index (Phi) is 4.65. The van der Waals surface area contributed by atoms with E-state index in [9.17, 15) is 4.79 Å². The van der Waals surface area contributed by atoms with Crippen LogP contribution in [0.2, 0.25) is 0 Å². The number of aromatic carboxylic acids is 1. The highest BCUT2D eigenvalue weighted by Crippen LogP contribution is 2.24. The molecule has 0 fully saturated rings. The van der Waals surface area contributed by atoms with Crippen LogP contribution in [-0.4, -0.2) is 28.5 Å². The summed E-state index contributed by atoms with van der Waals surface area (Å²) in [6, 6.07) is 6.91. The van der Waals surface area contributed by atoms with Crippen molar-refractivity contribution in [1.29, 1.82) is 0 Å². The van der Waals surface area contributed by atoms with E-state index < -0.39 is 5.97 Å². The van der Waals surface area contributed by atoms with Crippen molar-refractivity contribution in [3.05, 3.63) is 29.8 Å². The first kappa shape index (κ1) is 12.1. The molecule has 0 aliphatic rings. The summed E-state index contributed by atoms with van der Waals surface area (Å²) in [5.74, 6) is -0.00699. The van der Waals surface area contributed by atoms with Gasteiger partial charge in [-0.25, -0.2) is 4.79 Å². The second kappa shape index (κ2) is 5.78. The average Bonchev–Trinajstić information content (AvgIpc) is 2.26. The van der Waals surface area contributed by atoms with Crippen molar-refractivity contribution in [2.75, 3.05) is 12.4 Å². The molecule has 1 aromatic rings. The Balaban J connectivity index is 2.72. The predicted molar refractivity (Wildman–Crippen MR) is 60.4 cm³/mol. The van der Waals surface area contributed by atoms with Crippen LogP contribution in [0, 0.1) is 5.92 Å². The SMILES string of the molecule is CC(CO)CSc1ccccc1C(=O)O. The highest BCUT2D eigenvalue weighted by Gasteiger charge is 2.10. The third-order valence-corrected chi connectivity index (χ3v) is 3.36. The lowest BCUT2D eigenvalue weighted by Gasteiger charge is -2.08. The molecule has 82 valence electrons. The second-order valence-electron chi connectivity index (χ2n) is 3.40. The standard InChI is InChI=1S/C11H14O3S/c1-8(6-12)7-15-10-5-3-2-4-9(10)11(13)14/h2-5,8,12H,6-7H2,1H3,(H,13,14). The van der Waals surface area contributed by atoms with Gasteiger partial charge in [0.1, 0.15) is 0 Å². The number of rotatable bonds is 5. The molecule has 0 aromatic heterocycles. The van der Waals surface area contributed by atoms with Gasteiger partial charge in [0, 0.05) is 17.3 Å². The van der Waals surface area contributed by atoms with Crippen LogP contribution >= 0.6 is 11.8 Å². The first-order valence-electron chi connectivity index (χ1n) is 4.71. The van der Waals surface area contributed by atoms with Crippen LogP contribution in [0.3, 0.4) is 0 Å². The van der Waals surface area contributed by atoms with E-state index in [1.54, 1.807) is 18.2 Å². The Morgan fingerprint density at radius 3 is 2.73 bits per heavy atom. The molecule has 0 bridgehead atoms. The van der Waals surface area contributed by atoms with Crippen molar-refractivity contribution in [1.82, 2.24) is 0 Å². The van der Waals surface area contributed by atoms with Gasteiger partial charge in [0.2, 0.25) is 0 Å². The van der Waals surface area contributed by atoms with Gasteiger partial charge in [-0.05, 0) is 18.1 Å². The van der Waals surface area contributed by atoms with Crippen LogP contribution in [0.1, 0.15) is 17.3 Å². The highest BCUT2D eigenvalue weighted by atomic mass is 32.2. The molecule has 1 rings (SSSR count). The third kappa shape index (κ3) is 3.57. The maximum atomic E-state index is 10.9. The summed E-state index contributed by atoms with van der Waals surface area (Å²) in [6.45, 7) is 2.05. The van der Waals surface area contributed by atoms with Crippen LogP contribution < -0.4 is 0 Å². The van der Waals surface area contributed by atoms with Gasteiger partial charge in [0.05, 0.1) is 5.56 Å². The normalized spacial score (nSPS) is 12.4. The molecule has 15 heavy (non-hydrogen) atoms. The van der Waals surface area contributed by atoms with Gasteiger partial charge in [-0.3, -0.25) is 0 Å². The molecule has 1 unspecified atom stereocenters. The Morgan fingerprint density at radius 1 is 1.47 bits per heavy atom. The predicted octanol–water partition coefficient (Wildman–Crippen LogP) is 2.11. The summed E-state index contributed by atoms with van der Waals surface area (Å²) in [6.07, 6.45) is 0. The molecule has 4 heteroatoms. The molecule has 2 N–H and O–H groups in total. The second-order valence-corrected chi connectivity index (χ2v) is 4.46. The number of hydrogen-bond donors (Lipinski definition) is 2. The number of thioether (sulfide) groups is 1. The fraction of sp³-hybridized carbons (Fsp3) is 0.364. The van der Waals surface area contributed by atoms with Gasteiger partial charge in [-0.1, -0.05) is 19.1 Å². The van der Waals surface area contributed by atoms with Gasteiger partial charge in [0.25, 0.3) is 0 Å². The van der Waals surface area contributed by atoms with Crippen LogP contribution in [0.25, 0.3) is 0 Å². The van der Waals surface area contributed by atoms with E-state index in [1.165, 1.54) is 11.8 Å². The summed E-state index contributed by atoms with van der Waals surface area (Å²) in [7, 11) is 0. The lowest BCUT2D eigenvalue weighted by atomic mass is 10.2. The molecule has 0 spiro atoms. The van der Waals surface area contributed by atoms with Gasteiger partial charge in [0.15, 0.2) is 0 Å². The molecule has 0 amide bonds. The van der Waals surface area contributed by atoms with E-state index in [2.05, 4.69) is 0 Å². The summed E-state index contributed by atoms with van der Waals surface area (Å²) < 4.78 is 0. The van der Waals surface area contributed by atoms with E-state index in [1.807, 2.05) is 13.0 Å². The monoisotopic (exact) mass is 226 g/mol. The molecule has 1 aromatic carbocycles. The number of carboxylic acid groups (broad SMARTS) is 1. The third-order valence-electron chi connectivity index (χ3n) is 1.95. The van der Waals surface area contributed by atoms with Crippen LogP contribution in [0.4, 0.5) is 0 Å². The maximum Gasteiger partial charge on any atom is 0.336 e. The minimum absolute atomic E-state index is 0.127. The minimum Gasteiger partial charge on any atom is -0.478 e. The molecular formula is C11H14O3S. The quantitative estimate of drug-likeness (QED) is 0.755. The zero-order valence-electron chi connectivity index (χ0n) is 8.51. The van der Waals surface area contributed by atoms with Crippen LogP contribution in [0.15, 0.2) is 29.2 Å². The van der Waals surface area contributed by atoms with E-state index in [0.29, 0.717) is 5.56 Å². The van der Waals surface area contributed by atoms with Crippen molar-refractivity contribution >= 4 is 17.7 Å². The van der Waals surface area contributed by atoms with Crippen molar-refractivity contribution in [2.45, 2.75) is 11.8 Å². The van der Waals surface area contributed by atoms with E-state index in [-0.39, 0.29) is 12.5 Å². The summed E-state index contributed by atoms with van der Waals surface area (Å²) in [4.78, 5) is 11.6. The molecule has 3 nitrogen and oxygen atoms in total. The molecule has 0 heterocycles. The van der Waals surface area contributed by atoms with Crippen LogP contribution in [0.5, 0.6) is 0 Å². The lowest BCUT2D eigenvalue weighted by Crippen LogP contribution is -2.05. The Hall–Kier alpha value is -1.00. The molecule has 0 aliphatic carbocycles. The smallest absolute Gasteiger partial charge is 0.336 e. The van der Waals surface area contributed by atoms with Gasteiger partial charge < -0.3 is 10.2 Å². The van der Waals surface area contributed by atoms with E-state index in [4.69, 9.17) is 10.2 Å². The first-order chi connectivity index (χ1) is 7.15. The maximum absolute atomic E-state index is 10.9. The first-order valence-corrected chi connectivity index (χ1v) is 5.69. The number of carbonyl (C=O) groups is 1. The molecule has 0 saturated heterocycles. The zero-order valence-corrected chi connectivity index (χ0v) is 9.33. The lowest BCUT2D eigenvalue weighted by molar-refractivity contribution is 0.0693. The van der Waals surface area contributed by atoms with Gasteiger partial charge in [-0.15, -0.1) is 11.8 Å². The number of hydrogen-bond acceptors (Lipinski definition) is 3. The fourth-order valence-corrected chi connectivity index (χ4v) is 2.11. The average molecular weight is 226 g/mol. The van der Waals surface area contributed by atoms with Crippen molar-refractivity contribution < 1.29 is 15.0 Å². The molecular weight excluding hydrogens is 212 g/mol. The summed E-state index contributed by atoms with van der Waals surface area (Å²) in [5.41, 5.74) is 0.327. The molecule has 1 atom stereocenters. The largest absolute Gasteiger partial charge is 0.478 e. The number of aliphatic hydroxyl groups is 1. The fourth-order valence-electron chi connectivity index (χ4n) is 1.05. The zero-order chi connectivity index (χ0) is 11.3.